The summed E-state index contributed by atoms with van der Waals surface area (Å²) in [4.78, 5) is 12.0. The van der Waals surface area contributed by atoms with Crippen LogP contribution in [-0.2, 0) is 14.8 Å². The van der Waals surface area contributed by atoms with Gasteiger partial charge in [0.15, 0.2) is 0 Å². The van der Waals surface area contributed by atoms with Crippen LogP contribution in [0, 0.1) is 0 Å². The Balaban J connectivity index is 1.95. The van der Waals surface area contributed by atoms with Crippen LogP contribution in [0.1, 0.15) is 19.8 Å². The van der Waals surface area contributed by atoms with Gasteiger partial charge in [0.2, 0.25) is 15.9 Å². The zero-order valence-corrected chi connectivity index (χ0v) is 15.8. The summed E-state index contributed by atoms with van der Waals surface area (Å²) in [6.45, 7) is 2.66. The van der Waals surface area contributed by atoms with Crippen LogP contribution in [0.25, 0.3) is 0 Å². The Morgan fingerprint density at radius 2 is 1.73 bits per heavy atom. The monoisotopic (exact) mass is 376 g/mol. The van der Waals surface area contributed by atoms with E-state index in [-0.39, 0.29) is 18.9 Å². The Morgan fingerprint density at radius 1 is 1.08 bits per heavy atom. The van der Waals surface area contributed by atoms with Crippen LogP contribution in [0.5, 0.6) is 5.75 Å². The topological polar surface area (TPSA) is 75.7 Å². The largest absolute Gasteiger partial charge is 0.494 e. The Bertz CT molecular complexity index is 805. The molecule has 0 aromatic heterocycles. The van der Waals surface area contributed by atoms with Crippen LogP contribution in [0.2, 0.25) is 0 Å². The average Bonchev–Trinajstić information content (AvgIpc) is 2.60. The fourth-order valence-corrected chi connectivity index (χ4v) is 3.46. The van der Waals surface area contributed by atoms with E-state index in [0.29, 0.717) is 24.5 Å². The van der Waals surface area contributed by atoms with Crippen molar-refractivity contribution in [2.75, 3.05) is 29.0 Å². The molecular weight excluding hydrogens is 352 g/mol. The van der Waals surface area contributed by atoms with E-state index in [4.69, 9.17) is 4.74 Å². The van der Waals surface area contributed by atoms with Crippen molar-refractivity contribution in [3.63, 3.8) is 0 Å². The molecule has 0 radical (unpaired) electrons. The molecule has 0 saturated heterocycles. The van der Waals surface area contributed by atoms with Crippen molar-refractivity contribution in [3.8, 4) is 5.75 Å². The maximum atomic E-state index is 12.1. The van der Waals surface area contributed by atoms with Crippen molar-refractivity contribution in [1.82, 2.24) is 0 Å². The van der Waals surface area contributed by atoms with Gasteiger partial charge in [-0.25, -0.2) is 8.42 Å². The van der Waals surface area contributed by atoms with E-state index in [2.05, 4.69) is 5.32 Å². The van der Waals surface area contributed by atoms with Gasteiger partial charge in [-0.2, -0.15) is 0 Å². The highest BCUT2D eigenvalue weighted by atomic mass is 32.2. The normalized spacial score (nSPS) is 11.0. The van der Waals surface area contributed by atoms with Crippen LogP contribution in [0.3, 0.4) is 0 Å². The van der Waals surface area contributed by atoms with Crippen LogP contribution in [0.4, 0.5) is 11.4 Å². The van der Waals surface area contributed by atoms with Crippen molar-refractivity contribution in [3.05, 3.63) is 54.6 Å². The summed E-state index contributed by atoms with van der Waals surface area (Å²) in [5.74, 6) is 0.545. The molecule has 0 aliphatic carbocycles. The zero-order valence-electron chi connectivity index (χ0n) is 15.0. The molecule has 0 saturated carbocycles. The van der Waals surface area contributed by atoms with Gasteiger partial charge < -0.3 is 10.1 Å². The lowest BCUT2D eigenvalue weighted by Gasteiger charge is -2.22. The minimum absolute atomic E-state index is 0.142. The SMILES string of the molecule is CCOc1ccc(N(CCCC(=O)Nc2ccccc2)S(C)(=O)=O)cc1. The number of hydrogen-bond donors (Lipinski definition) is 1. The second kappa shape index (κ2) is 9.24. The quantitative estimate of drug-likeness (QED) is 0.729. The summed E-state index contributed by atoms with van der Waals surface area (Å²) in [6.07, 6.45) is 1.81. The Hall–Kier alpha value is -2.54. The molecular formula is C19H24N2O4S. The van der Waals surface area contributed by atoms with Gasteiger partial charge >= 0.3 is 0 Å². The summed E-state index contributed by atoms with van der Waals surface area (Å²) >= 11 is 0. The number of carbonyl (C=O) groups excluding carboxylic acids is 1. The number of anilines is 2. The number of ether oxygens (including phenoxy) is 1. The molecule has 0 aliphatic heterocycles. The third-order valence-electron chi connectivity index (χ3n) is 3.66. The van der Waals surface area contributed by atoms with Crippen molar-refractivity contribution in [1.29, 1.82) is 0 Å². The number of benzene rings is 2. The van der Waals surface area contributed by atoms with Crippen LogP contribution < -0.4 is 14.4 Å². The number of hydrogen-bond acceptors (Lipinski definition) is 4. The summed E-state index contributed by atoms with van der Waals surface area (Å²) in [7, 11) is -3.44. The first kappa shape index (κ1) is 19.8. The highest BCUT2D eigenvalue weighted by molar-refractivity contribution is 7.92. The van der Waals surface area contributed by atoms with Crippen molar-refractivity contribution < 1.29 is 17.9 Å². The van der Waals surface area contributed by atoms with E-state index < -0.39 is 10.0 Å². The average molecular weight is 376 g/mol. The third-order valence-corrected chi connectivity index (χ3v) is 4.85. The van der Waals surface area contributed by atoms with Crippen LogP contribution in [0.15, 0.2) is 54.6 Å². The Morgan fingerprint density at radius 3 is 2.31 bits per heavy atom. The van der Waals surface area contributed by atoms with Gasteiger partial charge in [0.25, 0.3) is 0 Å². The van der Waals surface area contributed by atoms with Gasteiger partial charge in [-0.05, 0) is 49.7 Å². The molecule has 1 N–H and O–H groups in total. The first-order chi connectivity index (χ1) is 12.4. The molecule has 0 fully saturated rings. The molecule has 6 nitrogen and oxygen atoms in total. The van der Waals surface area contributed by atoms with Gasteiger partial charge in [0.1, 0.15) is 5.75 Å². The smallest absolute Gasteiger partial charge is 0.232 e. The maximum Gasteiger partial charge on any atom is 0.232 e. The van der Waals surface area contributed by atoms with E-state index in [1.54, 1.807) is 36.4 Å². The number of para-hydroxylation sites is 1. The number of amides is 1. The van der Waals surface area contributed by atoms with E-state index in [1.165, 1.54) is 4.31 Å². The molecule has 2 aromatic rings. The van der Waals surface area contributed by atoms with Gasteiger partial charge in [0.05, 0.1) is 18.6 Å². The number of carbonyl (C=O) groups is 1. The highest BCUT2D eigenvalue weighted by Gasteiger charge is 2.17. The molecule has 2 rings (SSSR count). The second-order valence-corrected chi connectivity index (χ2v) is 7.69. The number of rotatable bonds is 9. The van der Waals surface area contributed by atoms with Crippen molar-refractivity contribution >= 4 is 27.3 Å². The molecule has 7 heteroatoms. The van der Waals surface area contributed by atoms with Crippen LogP contribution in [-0.4, -0.2) is 33.7 Å². The maximum absolute atomic E-state index is 12.1. The van der Waals surface area contributed by atoms with Crippen molar-refractivity contribution in [2.24, 2.45) is 0 Å². The predicted octanol–water partition coefficient (Wildman–Crippen LogP) is 3.27. The second-order valence-electron chi connectivity index (χ2n) is 5.78. The summed E-state index contributed by atoms with van der Waals surface area (Å²) < 4.78 is 30.9. The first-order valence-electron chi connectivity index (χ1n) is 8.45. The molecule has 0 aliphatic rings. The number of nitrogens with zero attached hydrogens (tertiary/aromatic N) is 1. The van der Waals surface area contributed by atoms with E-state index in [9.17, 15) is 13.2 Å². The Labute approximate surface area is 154 Å². The lowest BCUT2D eigenvalue weighted by atomic mass is 10.2. The third kappa shape index (κ3) is 6.07. The lowest BCUT2D eigenvalue weighted by Crippen LogP contribution is -2.31. The minimum Gasteiger partial charge on any atom is -0.494 e. The summed E-state index contributed by atoms with van der Waals surface area (Å²) in [5.41, 5.74) is 1.28. The zero-order chi connectivity index (χ0) is 19.0. The molecule has 26 heavy (non-hydrogen) atoms. The molecule has 0 unspecified atom stereocenters. The molecule has 140 valence electrons. The fourth-order valence-electron chi connectivity index (χ4n) is 2.49. The number of sulfonamides is 1. The molecule has 1 amide bonds. The Kier molecular flexibility index (Phi) is 7.03. The molecule has 0 heterocycles. The highest BCUT2D eigenvalue weighted by Crippen LogP contribution is 2.22. The molecule has 0 spiro atoms. The molecule has 0 bridgehead atoms. The van der Waals surface area contributed by atoms with E-state index >= 15 is 0 Å². The standard InChI is InChI=1S/C19H24N2O4S/c1-3-25-18-13-11-17(12-14-18)21(26(2,23)24)15-7-10-19(22)20-16-8-5-4-6-9-16/h4-6,8-9,11-14H,3,7,10,15H2,1-2H3,(H,20,22). The summed E-state index contributed by atoms with van der Waals surface area (Å²) in [6, 6.07) is 16.0. The summed E-state index contributed by atoms with van der Waals surface area (Å²) in [5, 5.41) is 2.79. The predicted molar refractivity (Wildman–Crippen MR) is 104 cm³/mol. The first-order valence-corrected chi connectivity index (χ1v) is 10.3. The van der Waals surface area contributed by atoms with E-state index in [1.807, 2.05) is 25.1 Å². The van der Waals surface area contributed by atoms with Crippen molar-refractivity contribution in [2.45, 2.75) is 19.8 Å². The lowest BCUT2D eigenvalue weighted by molar-refractivity contribution is -0.116. The minimum atomic E-state index is -3.44. The molecule has 0 atom stereocenters. The van der Waals surface area contributed by atoms with E-state index in [0.717, 1.165) is 11.9 Å². The number of nitrogens with one attached hydrogen (secondary N) is 1. The van der Waals surface area contributed by atoms with Gasteiger partial charge in [-0.3, -0.25) is 9.10 Å². The van der Waals surface area contributed by atoms with Gasteiger partial charge in [-0.15, -0.1) is 0 Å². The van der Waals surface area contributed by atoms with Crippen LogP contribution >= 0.6 is 0 Å². The van der Waals surface area contributed by atoms with Gasteiger partial charge in [-0.1, -0.05) is 18.2 Å². The van der Waals surface area contributed by atoms with Gasteiger partial charge in [0, 0.05) is 18.7 Å². The molecule has 2 aromatic carbocycles. The fraction of sp³-hybridized carbons (Fsp3) is 0.316.